The van der Waals surface area contributed by atoms with Gasteiger partial charge in [0.2, 0.25) is 0 Å². The van der Waals surface area contributed by atoms with Gasteiger partial charge in [-0.1, -0.05) is 17.7 Å². The summed E-state index contributed by atoms with van der Waals surface area (Å²) < 4.78 is 31.6. The number of fused-ring (bicyclic) bond motifs is 2. The maximum absolute atomic E-state index is 13.7. The molecule has 2 aliphatic rings. The smallest absolute Gasteiger partial charge is 0.131 e. The van der Waals surface area contributed by atoms with E-state index in [1.807, 2.05) is 18.2 Å². The van der Waals surface area contributed by atoms with Gasteiger partial charge in [0.25, 0.3) is 0 Å². The molecule has 1 saturated heterocycles. The molecule has 6 nitrogen and oxygen atoms in total. The summed E-state index contributed by atoms with van der Waals surface area (Å²) in [5.41, 5.74) is 9.83. The molecule has 0 amide bonds. The molecule has 0 bridgehead atoms. The third-order valence-electron chi connectivity index (χ3n) is 5.87. The van der Waals surface area contributed by atoms with Crippen molar-refractivity contribution in [3.8, 4) is 0 Å². The minimum absolute atomic E-state index is 0.359. The van der Waals surface area contributed by atoms with Crippen LogP contribution >= 0.6 is 0 Å². The molecule has 0 radical (unpaired) electrons. The standard InChI is InChI=1S/C23H25FN4O2S/c1-15-2-5-19-18(8-15)20(26-12-23(25)13-30-14-23)10-22(27-19)28-6-7-31(29)21-9-17(24)4-3-16(21)11-28/h2-5,8-10H,6-7,11-14,25H2,1H3,(H,26,27). The largest absolute Gasteiger partial charge is 0.382 e. The van der Waals surface area contributed by atoms with Gasteiger partial charge in [-0.15, -0.1) is 0 Å². The lowest BCUT2D eigenvalue weighted by molar-refractivity contribution is -0.0461. The van der Waals surface area contributed by atoms with Crippen molar-refractivity contribution >= 4 is 33.2 Å². The molecule has 2 aromatic carbocycles. The third-order valence-corrected chi connectivity index (χ3v) is 7.29. The number of benzene rings is 2. The van der Waals surface area contributed by atoms with Crippen LogP contribution in [0.1, 0.15) is 11.1 Å². The van der Waals surface area contributed by atoms with Crippen LogP contribution in [0.3, 0.4) is 0 Å². The molecule has 1 aromatic heterocycles. The van der Waals surface area contributed by atoms with Gasteiger partial charge in [0.1, 0.15) is 11.6 Å². The number of anilines is 2. The van der Waals surface area contributed by atoms with Crippen molar-refractivity contribution in [3.05, 3.63) is 59.4 Å². The topological polar surface area (TPSA) is 80.5 Å². The Bertz CT molecular complexity index is 1180. The molecule has 0 aliphatic carbocycles. The predicted molar refractivity (Wildman–Crippen MR) is 121 cm³/mol. The zero-order chi connectivity index (χ0) is 21.6. The molecule has 1 unspecified atom stereocenters. The summed E-state index contributed by atoms with van der Waals surface area (Å²) in [4.78, 5) is 7.58. The van der Waals surface area contributed by atoms with Gasteiger partial charge in [-0.3, -0.25) is 4.21 Å². The molecule has 3 heterocycles. The van der Waals surface area contributed by atoms with Crippen molar-refractivity contribution in [3.63, 3.8) is 0 Å². The number of hydrogen-bond donors (Lipinski definition) is 2. The molecule has 5 rings (SSSR count). The van der Waals surface area contributed by atoms with Gasteiger partial charge in [0.15, 0.2) is 0 Å². The van der Waals surface area contributed by atoms with Crippen LogP contribution in [0.2, 0.25) is 0 Å². The fraction of sp³-hybridized carbons (Fsp3) is 0.348. The molecule has 162 valence electrons. The van der Waals surface area contributed by atoms with Crippen LogP contribution in [0.15, 0.2) is 47.4 Å². The number of pyridine rings is 1. The van der Waals surface area contributed by atoms with Crippen molar-refractivity contribution in [2.24, 2.45) is 5.73 Å². The molecule has 1 atom stereocenters. The fourth-order valence-corrected chi connectivity index (χ4v) is 5.30. The highest BCUT2D eigenvalue weighted by atomic mass is 32.2. The van der Waals surface area contributed by atoms with Gasteiger partial charge in [-0.25, -0.2) is 9.37 Å². The average molecular weight is 441 g/mol. The quantitative estimate of drug-likeness (QED) is 0.649. The molecule has 2 aliphatic heterocycles. The average Bonchev–Trinajstić information content (AvgIpc) is 2.89. The van der Waals surface area contributed by atoms with Crippen LogP contribution in [0.25, 0.3) is 10.9 Å². The Balaban J connectivity index is 1.52. The summed E-state index contributed by atoms with van der Waals surface area (Å²) in [6, 6.07) is 12.7. The first-order valence-corrected chi connectivity index (χ1v) is 11.7. The van der Waals surface area contributed by atoms with Gasteiger partial charge in [-0.05, 0) is 36.8 Å². The normalized spacial score (nSPS) is 20.1. The van der Waals surface area contributed by atoms with Crippen molar-refractivity contribution in [2.75, 3.05) is 42.3 Å². The van der Waals surface area contributed by atoms with Crippen molar-refractivity contribution in [2.45, 2.75) is 23.9 Å². The maximum atomic E-state index is 13.7. The number of nitrogens with one attached hydrogen (secondary N) is 1. The van der Waals surface area contributed by atoms with Crippen molar-refractivity contribution in [1.82, 2.24) is 4.98 Å². The molecule has 8 heteroatoms. The second kappa shape index (κ2) is 7.85. The summed E-state index contributed by atoms with van der Waals surface area (Å²) in [6.07, 6.45) is 0. The zero-order valence-electron chi connectivity index (χ0n) is 17.4. The highest BCUT2D eigenvalue weighted by molar-refractivity contribution is 7.85. The number of hydrogen-bond acceptors (Lipinski definition) is 6. The first kappa shape index (κ1) is 20.4. The van der Waals surface area contributed by atoms with Gasteiger partial charge >= 0.3 is 0 Å². The minimum Gasteiger partial charge on any atom is -0.382 e. The van der Waals surface area contributed by atoms with E-state index in [0.717, 1.165) is 33.5 Å². The van der Waals surface area contributed by atoms with Gasteiger partial charge < -0.3 is 20.7 Å². The van der Waals surface area contributed by atoms with Gasteiger partial charge in [-0.2, -0.15) is 0 Å². The van der Waals surface area contributed by atoms with E-state index in [9.17, 15) is 8.60 Å². The van der Waals surface area contributed by atoms with E-state index in [0.29, 0.717) is 43.5 Å². The van der Waals surface area contributed by atoms with E-state index in [-0.39, 0.29) is 11.4 Å². The molecule has 3 N–H and O–H groups in total. The van der Waals surface area contributed by atoms with Gasteiger partial charge in [0, 0.05) is 47.4 Å². The van der Waals surface area contributed by atoms with Crippen LogP contribution in [-0.2, 0) is 22.1 Å². The molecule has 3 aromatic rings. The number of rotatable bonds is 4. The van der Waals surface area contributed by atoms with E-state index in [1.165, 1.54) is 12.1 Å². The summed E-state index contributed by atoms with van der Waals surface area (Å²) in [5, 5.41) is 4.54. The van der Waals surface area contributed by atoms with E-state index >= 15 is 0 Å². The highest BCUT2D eigenvalue weighted by Gasteiger charge is 2.34. The van der Waals surface area contributed by atoms with E-state index in [1.54, 1.807) is 6.07 Å². The second-order valence-electron chi connectivity index (χ2n) is 8.48. The Morgan fingerprint density at radius 2 is 2.10 bits per heavy atom. The number of aromatic nitrogens is 1. The van der Waals surface area contributed by atoms with Crippen LogP contribution < -0.4 is 16.0 Å². The lowest BCUT2D eigenvalue weighted by atomic mass is 9.99. The number of ether oxygens (including phenoxy) is 1. The highest BCUT2D eigenvalue weighted by Crippen LogP contribution is 2.31. The maximum Gasteiger partial charge on any atom is 0.131 e. The summed E-state index contributed by atoms with van der Waals surface area (Å²) >= 11 is 0. The number of nitrogens with zero attached hydrogens (tertiary/aromatic N) is 2. The molecule has 0 spiro atoms. The van der Waals surface area contributed by atoms with Gasteiger partial charge in [0.05, 0.1) is 35.1 Å². The molecule has 31 heavy (non-hydrogen) atoms. The number of nitrogens with two attached hydrogens (primary N) is 1. The van der Waals surface area contributed by atoms with Crippen LogP contribution in [0, 0.1) is 12.7 Å². The van der Waals surface area contributed by atoms with Crippen molar-refractivity contribution < 1.29 is 13.3 Å². The Hall–Kier alpha value is -2.55. The van der Waals surface area contributed by atoms with Crippen molar-refractivity contribution in [1.29, 1.82) is 0 Å². The number of halogens is 1. The Morgan fingerprint density at radius 1 is 1.26 bits per heavy atom. The van der Waals surface area contributed by atoms with Crippen LogP contribution in [-0.4, -0.2) is 46.8 Å². The first-order chi connectivity index (χ1) is 14.9. The molecular formula is C23H25FN4O2S. The Morgan fingerprint density at radius 3 is 2.87 bits per heavy atom. The fourth-order valence-electron chi connectivity index (χ4n) is 4.03. The lowest BCUT2D eigenvalue weighted by Gasteiger charge is -2.38. The Kier molecular flexibility index (Phi) is 5.16. The molecular weight excluding hydrogens is 415 g/mol. The zero-order valence-corrected chi connectivity index (χ0v) is 18.2. The lowest BCUT2D eigenvalue weighted by Crippen LogP contribution is -2.61. The molecule has 1 fully saturated rings. The SMILES string of the molecule is Cc1ccc2nc(N3CCS(=O)c4cc(F)ccc4C3)cc(NCC3(N)COC3)c2c1. The van der Waals surface area contributed by atoms with E-state index in [4.69, 9.17) is 15.5 Å². The minimum atomic E-state index is -1.24. The number of aryl methyl sites for hydroxylation is 1. The summed E-state index contributed by atoms with van der Waals surface area (Å²) in [7, 11) is -1.24. The summed E-state index contributed by atoms with van der Waals surface area (Å²) in [6.45, 7) is 4.84. The van der Waals surface area contributed by atoms with Crippen LogP contribution in [0.5, 0.6) is 0 Å². The first-order valence-electron chi connectivity index (χ1n) is 10.3. The molecule has 0 saturated carbocycles. The third kappa shape index (κ3) is 4.03. The second-order valence-corrected chi connectivity index (χ2v) is 10.0. The monoisotopic (exact) mass is 440 g/mol. The van der Waals surface area contributed by atoms with E-state index < -0.39 is 10.8 Å². The Labute approximate surface area is 183 Å². The van der Waals surface area contributed by atoms with Crippen LogP contribution in [0.4, 0.5) is 15.9 Å². The predicted octanol–water partition coefficient (Wildman–Crippen LogP) is 2.95. The van der Waals surface area contributed by atoms with E-state index in [2.05, 4.69) is 23.2 Å². The summed E-state index contributed by atoms with van der Waals surface area (Å²) in [5.74, 6) is 0.863.